The number of benzene rings is 1. The summed E-state index contributed by atoms with van der Waals surface area (Å²) < 4.78 is 38.3. The van der Waals surface area contributed by atoms with Crippen LogP contribution in [0.15, 0.2) is 48.7 Å². The number of pyridine rings is 1. The fraction of sp³-hybridized carbons (Fsp3) is 0.400. The third kappa shape index (κ3) is 8.64. The van der Waals surface area contributed by atoms with Gasteiger partial charge in [-0.1, -0.05) is 29.8 Å². The first-order valence-corrected chi connectivity index (χ1v) is 10.5. The largest absolute Gasteiger partial charge is 0.416 e. The first-order chi connectivity index (χ1) is 13.8. The Morgan fingerprint density at radius 3 is 2.55 bits per heavy atom. The van der Waals surface area contributed by atoms with Crippen molar-refractivity contribution in [1.82, 2.24) is 9.88 Å². The smallest absolute Gasteiger partial charge is 0.382 e. The Labute approximate surface area is 177 Å². The van der Waals surface area contributed by atoms with Crippen LogP contribution in [-0.2, 0) is 17.0 Å². The van der Waals surface area contributed by atoms with Gasteiger partial charge in [-0.3, -0.25) is 9.78 Å². The van der Waals surface area contributed by atoms with Crippen LogP contribution in [0.5, 0.6) is 0 Å². The normalized spacial score (nSPS) is 12.6. The molecule has 1 aromatic heterocycles. The maximum Gasteiger partial charge on any atom is 0.416 e. The quantitative estimate of drug-likeness (QED) is 0.551. The van der Waals surface area contributed by atoms with E-state index in [0.29, 0.717) is 22.9 Å². The van der Waals surface area contributed by atoms with Crippen molar-refractivity contribution >= 4 is 29.3 Å². The van der Waals surface area contributed by atoms with Crippen molar-refractivity contribution < 1.29 is 23.1 Å². The molecule has 2 rings (SSSR count). The van der Waals surface area contributed by atoms with E-state index in [4.69, 9.17) is 11.6 Å². The van der Waals surface area contributed by atoms with Gasteiger partial charge in [-0.05, 0) is 36.2 Å². The Balaban J connectivity index is 1.89. The molecule has 0 aliphatic rings. The van der Waals surface area contributed by atoms with Gasteiger partial charge in [0.2, 0.25) is 5.91 Å². The zero-order valence-corrected chi connectivity index (χ0v) is 17.2. The molecule has 0 bridgehead atoms. The van der Waals surface area contributed by atoms with E-state index in [-0.39, 0.29) is 13.0 Å². The molecule has 1 amide bonds. The van der Waals surface area contributed by atoms with Crippen LogP contribution in [0, 0.1) is 0 Å². The third-order valence-corrected chi connectivity index (χ3v) is 5.39. The van der Waals surface area contributed by atoms with Gasteiger partial charge in [0.15, 0.2) is 6.10 Å². The number of thioether (sulfide) groups is 1. The van der Waals surface area contributed by atoms with Crippen LogP contribution in [0.25, 0.3) is 0 Å². The summed E-state index contributed by atoms with van der Waals surface area (Å²) in [5.74, 6) is 0.648. The topological polar surface area (TPSA) is 53.4 Å². The molecule has 0 unspecified atom stereocenters. The molecule has 0 saturated carbocycles. The fourth-order valence-electron chi connectivity index (χ4n) is 2.52. The van der Waals surface area contributed by atoms with E-state index >= 15 is 0 Å². The lowest BCUT2D eigenvalue weighted by atomic mass is 10.1. The van der Waals surface area contributed by atoms with Crippen LogP contribution < -0.4 is 0 Å². The molecule has 1 N–H and O–H groups in total. The fourth-order valence-corrected chi connectivity index (χ4v) is 3.49. The molecule has 2 aromatic rings. The Morgan fingerprint density at radius 2 is 1.93 bits per heavy atom. The lowest BCUT2D eigenvalue weighted by Gasteiger charge is -2.26. The van der Waals surface area contributed by atoms with Crippen molar-refractivity contribution in [3.63, 3.8) is 0 Å². The maximum absolute atomic E-state index is 12.8. The molecular weight excluding hydrogens is 425 g/mol. The van der Waals surface area contributed by atoms with Crippen LogP contribution in [0.1, 0.15) is 17.7 Å². The average Bonchev–Trinajstić information content (AvgIpc) is 2.69. The van der Waals surface area contributed by atoms with E-state index in [1.807, 2.05) is 18.2 Å². The van der Waals surface area contributed by atoms with Gasteiger partial charge in [0, 0.05) is 35.7 Å². The van der Waals surface area contributed by atoms with E-state index in [0.717, 1.165) is 16.2 Å². The standard InChI is InChI=1S/C20H22ClF3N2O2S/c21-16-6-4-15(5-7-16)8-11-26(13-18(27)20(22,23)24)19(28)9-12-29-14-17-3-1-2-10-25-17/h1-7,10,18,27H,8-9,11-14H2/t18-/m0/s1. The number of hydrogen-bond acceptors (Lipinski definition) is 4. The second kappa shape index (κ2) is 11.4. The minimum absolute atomic E-state index is 0.0819. The van der Waals surface area contributed by atoms with Crippen LogP contribution in [-0.4, -0.2) is 52.0 Å². The molecular formula is C20H22ClF3N2O2S. The Morgan fingerprint density at radius 1 is 1.21 bits per heavy atom. The summed E-state index contributed by atoms with van der Waals surface area (Å²) in [5, 5.41) is 9.96. The zero-order valence-electron chi connectivity index (χ0n) is 15.6. The van der Waals surface area contributed by atoms with E-state index in [1.165, 1.54) is 11.8 Å². The van der Waals surface area contributed by atoms with E-state index in [2.05, 4.69) is 4.98 Å². The van der Waals surface area contributed by atoms with Gasteiger partial charge in [-0.25, -0.2) is 0 Å². The number of carbonyl (C=O) groups excluding carboxylic acids is 1. The summed E-state index contributed by atoms with van der Waals surface area (Å²) in [7, 11) is 0. The number of aliphatic hydroxyl groups is 1. The van der Waals surface area contributed by atoms with E-state index < -0.39 is 24.7 Å². The number of nitrogens with zero attached hydrogens (tertiary/aromatic N) is 2. The van der Waals surface area contributed by atoms with Gasteiger partial charge in [0.1, 0.15) is 0 Å². The summed E-state index contributed by atoms with van der Waals surface area (Å²) in [4.78, 5) is 17.7. The Kier molecular flexibility index (Phi) is 9.26. The number of alkyl halides is 3. The van der Waals surface area contributed by atoms with E-state index in [1.54, 1.807) is 30.5 Å². The highest BCUT2D eigenvalue weighted by Crippen LogP contribution is 2.21. The van der Waals surface area contributed by atoms with Crippen molar-refractivity contribution in [3.8, 4) is 0 Å². The molecule has 0 aliphatic carbocycles. The lowest BCUT2D eigenvalue weighted by molar-refractivity contribution is -0.208. The molecule has 1 heterocycles. The number of amides is 1. The van der Waals surface area contributed by atoms with Crippen molar-refractivity contribution in [3.05, 3.63) is 64.9 Å². The van der Waals surface area contributed by atoms with Crippen LogP contribution >= 0.6 is 23.4 Å². The molecule has 0 saturated heterocycles. The van der Waals surface area contributed by atoms with Crippen molar-refractivity contribution in [2.45, 2.75) is 30.9 Å². The monoisotopic (exact) mass is 446 g/mol. The highest BCUT2D eigenvalue weighted by molar-refractivity contribution is 7.98. The number of aliphatic hydroxyl groups excluding tert-OH is 1. The summed E-state index contributed by atoms with van der Waals surface area (Å²) in [6.07, 6.45) is -5.21. The van der Waals surface area contributed by atoms with Crippen LogP contribution in [0.3, 0.4) is 0 Å². The molecule has 1 atom stereocenters. The van der Waals surface area contributed by atoms with E-state index in [9.17, 15) is 23.1 Å². The molecule has 0 radical (unpaired) electrons. The number of aromatic nitrogens is 1. The SMILES string of the molecule is O=C(CCSCc1ccccn1)N(CCc1ccc(Cl)cc1)C[C@H](O)C(F)(F)F. The minimum atomic E-state index is -4.77. The van der Waals surface area contributed by atoms with Crippen LogP contribution in [0.2, 0.25) is 5.02 Å². The predicted molar refractivity (Wildman–Crippen MR) is 109 cm³/mol. The van der Waals surface area contributed by atoms with Crippen molar-refractivity contribution in [2.24, 2.45) is 0 Å². The molecule has 4 nitrogen and oxygen atoms in total. The summed E-state index contributed by atoms with van der Waals surface area (Å²) in [6, 6.07) is 12.4. The van der Waals surface area contributed by atoms with Gasteiger partial charge < -0.3 is 10.0 Å². The second-order valence-corrected chi connectivity index (χ2v) is 7.94. The molecule has 1 aromatic carbocycles. The van der Waals surface area contributed by atoms with Gasteiger partial charge in [-0.2, -0.15) is 24.9 Å². The summed E-state index contributed by atoms with van der Waals surface area (Å²) in [6.45, 7) is -0.695. The van der Waals surface area contributed by atoms with Crippen molar-refractivity contribution in [1.29, 1.82) is 0 Å². The second-order valence-electron chi connectivity index (χ2n) is 6.40. The first kappa shape index (κ1) is 23.5. The average molecular weight is 447 g/mol. The molecule has 29 heavy (non-hydrogen) atoms. The van der Waals surface area contributed by atoms with Crippen LogP contribution in [0.4, 0.5) is 13.2 Å². The minimum Gasteiger partial charge on any atom is -0.382 e. The first-order valence-electron chi connectivity index (χ1n) is 9.00. The predicted octanol–water partition coefficient (Wildman–Crippen LogP) is 4.35. The van der Waals surface area contributed by atoms with Gasteiger partial charge in [-0.15, -0.1) is 0 Å². The van der Waals surface area contributed by atoms with Gasteiger partial charge >= 0.3 is 6.18 Å². The maximum atomic E-state index is 12.8. The molecule has 0 fully saturated rings. The summed E-state index contributed by atoms with van der Waals surface area (Å²) in [5.41, 5.74) is 1.72. The van der Waals surface area contributed by atoms with Gasteiger partial charge in [0.25, 0.3) is 0 Å². The molecule has 9 heteroatoms. The molecule has 158 valence electrons. The van der Waals surface area contributed by atoms with Gasteiger partial charge in [0.05, 0.1) is 12.2 Å². The highest BCUT2D eigenvalue weighted by Gasteiger charge is 2.39. The number of hydrogen-bond donors (Lipinski definition) is 1. The Hall–Kier alpha value is -1.77. The highest BCUT2D eigenvalue weighted by atomic mass is 35.5. The summed E-state index contributed by atoms with van der Waals surface area (Å²) >= 11 is 7.31. The van der Waals surface area contributed by atoms with Crippen molar-refractivity contribution in [2.75, 3.05) is 18.8 Å². The zero-order chi connectivity index (χ0) is 21.3. The Bertz CT molecular complexity index is 761. The number of rotatable bonds is 10. The molecule has 0 spiro atoms. The number of halogens is 4. The number of carbonyl (C=O) groups is 1. The third-order valence-electron chi connectivity index (χ3n) is 4.14. The molecule has 0 aliphatic heterocycles. The lowest BCUT2D eigenvalue weighted by Crippen LogP contribution is -2.44.